The maximum Gasteiger partial charge on any atom is 0.390 e. The molecule has 1 nitrogen and oxygen atoms in total. The van der Waals surface area contributed by atoms with Gasteiger partial charge in [-0.1, -0.05) is 42.2 Å². The fraction of sp³-hybridized carbons (Fsp3) is 0.278. The predicted molar refractivity (Wildman–Crippen MR) is 85.4 cm³/mol. The Balaban J connectivity index is 2.01. The number of halogens is 3. The summed E-state index contributed by atoms with van der Waals surface area (Å²) in [6.07, 6.45) is -5.12. The molecule has 2 aromatic rings. The quantitative estimate of drug-likeness (QED) is 0.533. The van der Waals surface area contributed by atoms with E-state index in [9.17, 15) is 18.0 Å². The predicted octanol–water partition coefficient (Wildman–Crippen LogP) is 5.33. The highest BCUT2D eigenvalue weighted by Gasteiger charge is 2.31. The first-order valence-electron chi connectivity index (χ1n) is 7.13. The molecule has 0 radical (unpaired) electrons. The van der Waals surface area contributed by atoms with Gasteiger partial charge >= 0.3 is 6.18 Å². The molecule has 0 saturated heterocycles. The molecule has 1 atom stereocenters. The van der Waals surface area contributed by atoms with Gasteiger partial charge in [0.05, 0.1) is 6.42 Å². The maximum absolute atomic E-state index is 12.7. The SMILES string of the molecule is O=C(CCC(C#Cc1ccsc1)CC(F)(F)F)c1ccccc1. The summed E-state index contributed by atoms with van der Waals surface area (Å²) in [4.78, 5) is 12.0. The molecule has 1 heterocycles. The van der Waals surface area contributed by atoms with Crippen LogP contribution in [0.5, 0.6) is 0 Å². The summed E-state index contributed by atoms with van der Waals surface area (Å²) in [5, 5.41) is 3.61. The van der Waals surface area contributed by atoms with Crippen LogP contribution in [-0.2, 0) is 0 Å². The number of rotatable bonds is 5. The molecule has 120 valence electrons. The molecule has 0 fully saturated rings. The second-order valence-electron chi connectivity index (χ2n) is 5.13. The Labute approximate surface area is 137 Å². The third-order valence-electron chi connectivity index (χ3n) is 3.24. The largest absolute Gasteiger partial charge is 0.390 e. The average molecular weight is 336 g/mol. The molecule has 5 heteroatoms. The summed E-state index contributed by atoms with van der Waals surface area (Å²) in [6.45, 7) is 0. The molecule has 1 aromatic carbocycles. The van der Waals surface area contributed by atoms with Crippen LogP contribution >= 0.6 is 11.3 Å². The highest BCUT2D eigenvalue weighted by atomic mass is 32.1. The number of thiophene rings is 1. The Kier molecular flexibility index (Phi) is 6.00. The minimum absolute atomic E-state index is 0.0586. The second kappa shape index (κ2) is 7.98. The van der Waals surface area contributed by atoms with Crippen molar-refractivity contribution < 1.29 is 18.0 Å². The van der Waals surface area contributed by atoms with Gasteiger partial charge in [-0.05, 0) is 17.9 Å². The monoisotopic (exact) mass is 336 g/mol. The molecule has 0 aliphatic rings. The van der Waals surface area contributed by atoms with Crippen LogP contribution in [0.3, 0.4) is 0 Å². The highest BCUT2D eigenvalue weighted by Crippen LogP contribution is 2.27. The number of hydrogen-bond donors (Lipinski definition) is 0. The third-order valence-corrected chi connectivity index (χ3v) is 3.92. The molecule has 0 saturated carbocycles. The van der Waals surface area contributed by atoms with Crippen molar-refractivity contribution in [1.29, 1.82) is 0 Å². The van der Waals surface area contributed by atoms with Crippen molar-refractivity contribution in [2.75, 3.05) is 0 Å². The Hall–Kier alpha value is -2.06. The van der Waals surface area contributed by atoms with E-state index in [0.29, 0.717) is 11.1 Å². The minimum atomic E-state index is -4.29. The van der Waals surface area contributed by atoms with E-state index in [1.165, 1.54) is 11.3 Å². The van der Waals surface area contributed by atoms with Crippen LogP contribution in [0.2, 0.25) is 0 Å². The molecule has 0 aliphatic heterocycles. The van der Waals surface area contributed by atoms with Crippen molar-refractivity contribution in [1.82, 2.24) is 0 Å². The van der Waals surface area contributed by atoms with Crippen molar-refractivity contribution in [3.05, 3.63) is 58.3 Å². The van der Waals surface area contributed by atoms with Gasteiger partial charge in [0.1, 0.15) is 0 Å². The number of carbonyl (C=O) groups is 1. The van der Waals surface area contributed by atoms with Crippen LogP contribution in [0.25, 0.3) is 0 Å². The Morgan fingerprint density at radius 3 is 2.52 bits per heavy atom. The smallest absolute Gasteiger partial charge is 0.294 e. The number of carbonyl (C=O) groups excluding carboxylic acids is 1. The van der Waals surface area contributed by atoms with Crippen LogP contribution < -0.4 is 0 Å². The van der Waals surface area contributed by atoms with Crippen LogP contribution in [-0.4, -0.2) is 12.0 Å². The summed E-state index contributed by atoms with van der Waals surface area (Å²) in [6, 6.07) is 10.3. The van der Waals surface area contributed by atoms with E-state index >= 15 is 0 Å². The van der Waals surface area contributed by atoms with Crippen LogP contribution in [0.1, 0.15) is 35.2 Å². The Morgan fingerprint density at radius 2 is 1.91 bits per heavy atom. The van der Waals surface area contributed by atoms with Gasteiger partial charge in [-0.3, -0.25) is 4.79 Å². The normalized spacial score (nSPS) is 12.3. The van der Waals surface area contributed by atoms with Gasteiger partial charge in [0.2, 0.25) is 0 Å². The average Bonchev–Trinajstić information content (AvgIpc) is 3.02. The van der Waals surface area contributed by atoms with Crippen LogP contribution in [0, 0.1) is 17.8 Å². The number of benzene rings is 1. The van der Waals surface area contributed by atoms with Gasteiger partial charge in [-0.2, -0.15) is 24.5 Å². The molecule has 0 aliphatic carbocycles. The first-order valence-corrected chi connectivity index (χ1v) is 8.07. The van der Waals surface area contributed by atoms with Gasteiger partial charge < -0.3 is 0 Å². The van der Waals surface area contributed by atoms with Crippen molar-refractivity contribution in [3.63, 3.8) is 0 Å². The number of hydrogen-bond acceptors (Lipinski definition) is 2. The number of ketones is 1. The summed E-state index contributed by atoms with van der Waals surface area (Å²) in [5.41, 5.74) is 1.22. The number of alkyl halides is 3. The molecule has 0 amide bonds. The summed E-state index contributed by atoms with van der Waals surface area (Å²) in [7, 11) is 0. The lowest BCUT2D eigenvalue weighted by Gasteiger charge is -2.13. The summed E-state index contributed by atoms with van der Waals surface area (Å²) in [5.74, 6) is 4.40. The van der Waals surface area contributed by atoms with Crippen molar-refractivity contribution in [3.8, 4) is 11.8 Å². The van der Waals surface area contributed by atoms with Crippen molar-refractivity contribution >= 4 is 17.1 Å². The van der Waals surface area contributed by atoms with Gasteiger partial charge in [-0.15, -0.1) is 0 Å². The van der Waals surface area contributed by atoms with E-state index in [1.54, 1.807) is 41.8 Å². The Morgan fingerprint density at radius 1 is 1.17 bits per heavy atom. The van der Waals surface area contributed by atoms with Gasteiger partial charge in [-0.25, -0.2) is 0 Å². The van der Waals surface area contributed by atoms with Gasteiger partial charge in [0.15, 0.2) is 5.78 Å². The molecule has 23 heavy (non-hydrogen) atoms. The standard InChI is InChI=1S/C18H15F3OS/c19-18(20,21)12-14(6-7-15-10-11-23-13-15)8-9-17(22)16-4-2-1-3-5-16/h1-5,10-11,13-14H,8-9,12H2. The van der Waals surface area contributed by atoms with Gasteiger partial charge in [0.25, 0.3) is 0 Å². The second-order valence-corrected chi connectivity index (χ2v) is 5.91. The Bertz CT molecular complexity index is 679. The van der Waals surface area contributed by atoms with Crippen molar-refractivity contribution in [2.24, 2.45) is 5.92 Å². The first kappa shape index (κ1) is 17.3. The lowest BCUT2D eigenvalue weighted by molar-refractivity contribution is -0.140. The van der Waals surface area contributed by atoms with E-state index < -0.39 is 18.5 Å². The fourth-order valence-electron chi connectivity index (χ4n) is 2.10. The molecule has 0 spiro atoms. The van der Waals surface area contributed by atoms with Crippen LogP contribution in [0.15, 0.2) is 47.2 Å². The fourth-order valence-corrected chi connectivity index (χ4v) is 2.69. The minimum Gasteiger partial charge on any atom is -0.294 e. The van der Waals surface area contributed by atoms with Gasteiger partial charge in [0, 0.05) is 28.8 Å². The molecule has 0 bridgehead atoms. The third kappa shape index (κ3) is 6.29. The topological polar surface area (TPSA) is 17.1 Å². The lowest BCUT2D eigenvalue weighted by atomic mass is 9.96. The lowest BCUT2D eigenvalue weighted by Crippen LogP contribution is -2.15. The van der Waals surface area contributed by atoms with Crippen molar-refractivity contribution in [2.45, 2.75) is 25.4 Å². The zero-order valence-corrected chi connectivity index (χ0v) is 13.1. The van der Waals surface area contributed by atoms with E-state index in [2.05, 4.69) is 11.8 Å². The number of Topliss-reactive ketones (excluding diaryl/α,β-unsaturated/α-hetero) is 1. The van der Waals surface area contributed by atoms with E-state index in [-0.39, 0.29) is 18.6 Å². The summed E-state index contributed by atoms with van der Waals surface area (Å²) < 4.78 is 38.0. The molecular weight excluding hydrogens is 321 g/mol. The maximum atomic E-state index is 12.7. The molecular formula is C18H15F3OS. The summed E-state index contributed by atoms with van der Waals surface area (Å²) >= 11 is 1.44. The molecule has 2 rings (SSSR count). The first-order chi connectivity index (χ1) is 10.9. The van der Waals surface area contributed by atoms with E-state index in [1.807, 2.05) is 5.38 Å². The van der Waals surface area contributed by atoms with E-state index in [4.69, 9.17) is 0 Å². The highest BCUT2D eigenvalue weighted by molar-refractivity contribution is 7.08. The van der Waals surface area contributed by atoms with Crippen LogP contribution in [0.4, 0.5) is 13.2 Å². The zero-order chi connectivity index (χ0) is 16.7. The molecule has 1 aromatic heterocycles. The molecule has 0 N–H and O–H groups in total. The van der Waals surface area contributed by atoms with E-state index in [0.717, 1.165) is 0 Å². The zero-order valence-electron chi connectivity index (χ0n) is 12.3. The molecule has 1 unspecified atom stereocenters.